The monoisotopic (exact) mass is 292 g/mol. The lowest BCUT2D eigenvalue weighted by Gasteiger charge is -2.24. The second kappa shape index (κ2) is 5.81. The summed E-state index contributed by atoms with van der Waals surface area (Å²) in [4.78, 5) is 11.9. The summed E-state index contributed by atoms with van der Waals surface area (Å²) in [6, 6.07) is 4.36. The fourth-order valence-electron chi connectivity index (χ4n) is 1.64. The topological polar surface area (TPSA) is 26.3 Å². The van der Waals surface area contributed by atoms with E-state index in [1.54, 1.807) is 20.8 Å². The van der Waals surface area contributed by atoms with Crippen molar-refractivity contribution >= 4 is 5.97 Å². The van der Waals surface area contributed by atoms with Crippen LogP contribution in [0.5, 0.6) is 0 Å². The van der Waals surface area contributed by atoms with Gasteiger partial charge in [-0.2, -0.15) is 13.2 Å². The Morgan fingerprint density at radius 3 is 2.05 bits per heavy atom. The Labute approximate surface area is 114 Å². The van der Waals surface area contributed by atoms with Gasteiger partial charge in [0, 0.05) is 0 Å². The standard InChI is InChI=1S/C14H16F4O2/c1-13(2,3)20-12(19)11(8-14(16,17)18)9-4-6-10(15)7-5-9/h4-7,11H,8H2,1-3H3. The number of hydrogen-bond acceptors (Lipinski definition) is 2. The van der Waals surface area contributed by atoms with E-state index in [4.69, 9.17) is 4.74 Å². The SMILES string of the molecule is CC(C)(C)OC(=O)C(CC(F)(F)F)c1ccc(F)cc1. The Kier molecular flexibility index (Phi) is 4.78. The van der Waals surface area contributed by atoms with E-state index in [0.29, 0.717) is 0 Å². The zero-order valence-electron chi connectivity index (χ0n) is 11.4. The zero-order chi connectivity index (χ0) is 15.6. The molecule has 0 aliphatic heterocycles. The molecule has 0 heterocycles. The number of carbonyl (C=O) groups is 1. The molecule has 112 valence electrons. The highest BCUT2D eigenvalue weighted by atomic mass is 19.4. The maximum atomic E-state index is 12.8. The molecule has 1 atom stereocenters. The predicted octanol–water partition coefficient (Wildman–Crippen LogP) is 4.20. The molecule has 0 aliphatic rings. The van der Waals surface area contributed by atoms with Gasteiger partial charge in [-0.25, -0.2) is 4.39 Å². The minimum Gasteiger partial charge on any atom is -0.459 e. The first-order valence-corrected chi connectivity index (χ1v) is 6.03. The third kappa shape index (κ3) is 5.59. The average molecular weight is 292 g/mol. The molecule has 0 saturated carbocycles. The number of rotatable bonds is 3. The maximum Gasteiger partial charge on any atom is 0.390 e. The molecule has 6 heteroatoms. The van der Waals surface area contributed by atoms with Crippen LogP contribution >= 0.6 is 0 Å². The average Bonchev–Trinajstić information content (AvgIpc) is 2.23. The normalized spacial score (nSPS) is 13.9. The van der Waals surface area contributed by atoms with Crippen LogP contribution < -0.4 is 0 Å². The molecule has 0 amide bonds. The van der Waals surface area contributed by atoms with Crippen molar-refractivity contribution in [2.24, 2.45) is 0 Å². The Bertz CT molecular complexity index is 458. The third-order valence-electron chi connectivity index (χ3n) is 2.40. The number of carbonyl (C=O) groups excluding carboxylic acids is 1. The molecule has 0 radical (unpaired) electrons. The lowest BCUT2D eigenvalue weighted by Crippen LogP contribution is -2.30. The molecular weight excluding hydrogens is 276 g/mol. The van der Waals surface area contributed by atoms with Crippen molar-refractivity contribution in [1.82, 2.24) is 0 Å². The number of ether oxygens (including phenoxy) is 1. The van der Waals surface area contributed by atoms with E-state index in [-0.39, 0.29) is 5.56 Å². The van der Waals surface area contributed by atoms with Crippen LogP contribution in [-0.2, 0) is 9.53 Å². The van der Waals surface area contributed by atoms with Crippen LogP contribution in [0.25, 0.3) is 0 Å². The van der Waals surface area contributed by atoms with Crippen LogP contribution in [0.4, 0.5) is 17.6 Å². The van der Waals surface area contributed by atoms with E-state index >= 15 is 0 Å². The molecule has 1 aromatic rings. The molecule has 0 N–H and O–H groups in total. The highest BCUT2D eigenvalue weighted by Crippen LogP contribution is 2.33. The quantitative estimate of drug-likeness (QED) is 0.616. The highest BCUT2D eigenvalue weighted by Gasteiger charge is 2.38. The van der Waals surface area contributed by atoms with Crippen molar-refractivity contribution in [3.8, 4) is 0 Å². The minimum absolute atomic E-state index is 0.0815. The van der Waals surface area contributed by atoms with Crippen LogP contribution in [-0.4, -0.2) is 17.7 Å². The van der Waals surface area contributed by atoms with Crippen LogP contribution in [0.2, 0.25) is 0 Å². The van der Waals surface area contributed by atoms with Crippen LogP contribution in [0, 0.1) is 5.82 Å². The lowest BCUT2D eigenvalue weighted by molar-refractivity contribution is -0.169. The molecule has 2 nitrogen and oxygen atoms in total. The molecule has 0 aliphatic carbocycles. The Morgan fingerprint density at radius 1 is 1.15 bits per heavy atom. The van der Waals surface area contributed by atoms with Crippen molar-refractivity contribution in [3.63, 3.8) is 0 Å². The fraction of sp³-hybridized carbons (Fsp3) is 0.500. The lowest BCUT2D eigenvalue weighted by atomic mass is 9.95. The summed E-state index contributed by atoms with van der Waals surface area (Å²) < 4.78 is 55.6. The molecule has 0 spiro atoms. The number of benzene rings is 1. The highest BCUT2D eigenvalue weighted by molar-refractivity contribution is 5.78. The molecule has 0 aromatic heterocycles. The summed E-state index contributed by atoms with van der Waals surface area (Å²) >= 11 is 0. The van der Waals surface area contributed by atoms with E-state index in [2.05, 4.69) is 0 Å². The number of alkyl halides is 3. The molecule has 0 fully saturated rings. The van der Waals surface area contributed by atoms with Crippen molar-refractivity contribution in [3.05, 3.63) is 35.6 Å². The Morgan fingerprint density at radius 2 is 1.65 bits per heavy atom. The van der Waals surface area contributed by atoms with E-state index in [0.717, 1.165) is 24.3 Å². The summed E-state index contributed by atoms with van der Waals surface area (Å²) in [6.45, 7) is 4.71. The van der Waals surface area contributed by atoms with Gasteiger partial charge in [-0.15, -0.1) is 0 Å². The van der Waals surface area contributed by atoms with Crippen molar-refractivity contribution < 1.29 is 27.1 Å². The number of esters is 1. The van der Waals surface area contributed by atoms with Gasteiger partial charge in [0.25, 0.3) is 0 Å². The van der Waals surface area contributed by atoms with Crippen molar-refractivity contribution in [1.29, 1.82) is 0 Å². The summed E-state index contributed by atoms with van der Waals surface area (Å²) in [7, 11) is 0. The minimum atomic E-state index is -4.52. The number of halogens is 4. The van der Waals surface area contributed by atoms with Gasteiger partial charge < -0.3 is 4.74 Å². The van der Waals surface area contributed by atoms with Gasteiger partial charge in [-0.3, -0.25) is 4.79 Å². The molecular formula is C14H16F4O2. The van der Waals surface area contributed by atoms with Crippen LogP contribution in [0.3, 0.4) is 0 Å². The molecule has 1 aromatic carbocycles. The molecule has 0 bridgehead atoms. The first kappa shape index (κ1) is 16.5. The van der Waals surface area contributed by atoms with Gasteiger partial charge in [0.1, 0.15) is 11.4 Å². The van der Waals surface area contributed by atoms with E-state index in [9.17, 15) is 22.4 Å². The summed E-state index contributed by atoms with van der Waals surface area (Å²) in [6.07, 6.45) is -5.86. The predicted molar refractivity (Wildman–Crippen MR) is 65.7 cm³/mol. The van der Waals surface area contributed by atoms with E-state index in [1.165, 1.54) is 0 Å². The van der Waals surface area contributed by atoms with E-state index < -0.39 is 35.9 Å². The molecule has 0 saturated heterocycles. The first-order valence-electron chi connectivity index (χ1n) is 6.03. The Hall–Kier alpha value is -1.59. The third-order valence-corrected chi connectivity index (χ3v) is 2.40. The zero-order valence-corrected chi connectivity index (χ0v) is 11.4. The maximum absolute atomic E-state index is 12.8. The fourth-order valence-corrected chi connectivity index (χ4v) is 1.64. The van der Waals surface area contributed by atoms with Crippen molar-refractivity contribution in [2.75, 3.05) is 0 Å². The Balaban J connectivity index is 3.02. The molecule has 1 rings (SSSR count). The van der Waals surface area contributed by atoms with Crippen LogP contribution in [0.15, 0.2) is 24.3 Å². The summed E-state index contributed by atoms with van der Waals surface area (Å²) in [5.41, 5.74) is -0.806. The summed E-state index contributed by atoms with van der Waals surface area (Å²) in [5.74, 6) is -3.04. The van der Waals surface area contributed by atoms with Gasteiger partial charge in [0.15, 0.2) is 0 Å². The van der Waals surface area contributed by atoms with E-state index in [1.807, 2.05) is 0 Å². The molecule has 20 heavy (non-hydrogen) atoms. The van der Waals surface area contributed by atoms with Gasteiger partial charge in [0.2, 0.25) is 0 Å². The largest absolute Gasteiger partial charge is 0.459 e. The summed E-state index contributed by atoms with van der Waals surface area (Å²) in [5, 5.41) is 0. The van der Waals surface area contributed by atoms with Crippen LogP contribution in [0.1, 0.15) is 38.7 Å². The van der Waals surface area contributed by atoms with Gasteiger partial charge >= 0.3 is 12.1 Å². The van der Waals surface area contributed by atoms with Gasteiger partial charge in [0.05, 0.1) is 12.3 Å². The molecule has 1 unspecified atom stereocenters. The van der Waals surface area contributed by atoms with Crippen molar-refractivity contribution in [2.45, 2.75) is 44.9 Å². The number of hydrogen-bond donors (Lipinski definition) is 0. The first-order chi connectivity index (χ1) is 8.98. The van der Waals surface area contributed by atoms with Gasteiger partial charge in [-0.05, 0) is 38.5 Å². The second-order valence-electron chi connectivity index (χ2n) is 5.46. The van der Waals surface area contributed by atoms with Gasteiger partial charge in [-0.1, -0.05) is 12.1 Å². The smallest absolute Gasteiger partial charge is 0.390 e. The second-order valence-corrected chi connectivity index (χ2v) is 5.46.